The first-order valence-electron chi connectivity index (χ1n) is 11.1. The van der Waals surface area contributed by atoms with Crippen molar-refractivity contribution in [2.75, 3.05) is 32.8 Å². The van der Waals surface area contributed by atoms with Crippen molar-refractivity contribution in [1.29, 1.82) is 5.26 Å². The lowest BCUT2D eigenvalue weighted by Gasteiger charge is -2.60. The van der Waals surface area contributed by atoms with Gasteiger partial charge in [0.05, 0.1) is 17.7 Å². The molecule has 1 N–H and O–H groups in total. The average Bonchev–Trinajstić information content (AvgIpc) is 2.72. The van der Waals surface area contributed by atoms with Crippen LogP contribution in [0.15, 0.2) is 12.3 Å². The summed E-state index contributed by atoms with van der Waals surface area (Å²) < 4.78 is 44.3. The Morgan fingerprint density at radius 2 is 2.09 bits per heavy atom. The molecule has 0 radical (unpaired) electrons. The number of pyridine rings is 1. The SMILES string of the molecule is N#Cc1cc(CC2CC3(C2)CN(C(=O)N2CC[C@@H]4OCC(=O)N[C@@H]4C2)C3)cnc1C(F)(F)F. The number of nitrogens with one attached hydrogen (secondary N) is 1. The summed E-state index contributed by atoms with van der Waals surface area (Å²) in [4.78, 5) is 31.5. The Morgan fingerprint density at radius 1 is 1.33 bits per heavy atom. The molecule has 1 aliphatic carbocycles. The van der Waals surface area contributed by atoms with Crippen LogP contribution in [-0.2, 0) is 22.1 Å². The first-order valence-corrected chi connectivity index (χ1v) is 11.1. The highest BCUT2D eigenvalue weighted by Gasteiger charge is 2.54. The number of urea groups is 1. The first-order chi connectivity index (χ1) is 15.7. The predicted molar refractivity (Wildman–Crippen MR) is 108 cm³/mol. The lowest BCUT2D eigenvalue weighted by atomic mass is 9.56. The smallest absolute Gasteiger partial charge is 0.366 e. The lowest BCUT2D eigenvalue weighted by molar-refractivity contribution is -0.141. The Bertz CT molecular complexity index is 1010. The van der Waals surface area contributed by atoms with E-state index in [1.54, 1.807) is 11.0 Å². The van der Waals surface area contributed by atoms with E-state index in [1.165, 1.54) is 12.3 Å². The predicted octanol–water partition coefficient (Wildman–Crippen LogP) is 1.94. The fourth-order valence-electron chi connectivity index (χ4n) is 5.80. The Morgan fingerprint density at radius 3 is 2.79 bits per heavy atom. The van der Waals surface area contributed by atoms with Crippen LogP contribution in [-0.4, -0.2) is 71.7 Å². The van der Waals surface area contributed by atoms with Gasteiger partial charge in [0, 0.05) is 37.8 Å². The van der Waals surface area contributed by atoms with Crippen molar-refractivity contribution >= 4 is 11.9 Å². The zero-order chi connectivity index (χ0) is 23.4. The van der Waals surface area contributed by atoms with Gasteiger partial charge in [-0.25, -0.2) is 4.79 Å². The molecule has 11 heteroatoms. The maximum atomic E-state index is 12.9. The number of hydrogen-bond acceptors (Lipinski definition) is 5. The monoisotopic (exact) mass is 463 g/mol. The van der Waals surface area contributed by atoms with Gasteiger partial charge in [-0.15, -0.1) is 0 Å². The third kappa shape index (κ3) is 4.12. The molecule has 1 spiro atoms. The standard InChI is InChI=1S/C22H24F3N5O3/c23-22(24,25)19-15(7-26)4-13(8-27-19)3-14-5-21(6-14)11-30(12-21)20(32)29-2-1-17-16(9-29)28-18(31)10-33-17/h4,8,14,16-17H,1-3,5-6,9-12H2,(H,28,31)/t16-,17+/m1/s1. The topological polar surface area (TPSA) is 98.6 Å². The minimum Gasteiger partial charge on any atom is -0.366 e. The normalized spacial score (nSPS) is 26.7. The number of piperidine rings is 1. The van der Waals surface area contributed by atoms with Crippen LogP contribution in [0.4, 0.5) is 18.0 Å². The minimum atomic E-state index is -4.64. The molecule has 1 saturated carbocycles. The van der Waals surface area contributed by atoms with Gasteiger partial charge in [-0.05, 0) is 43.2 Å². The van der Waals surface area contributed by atoms with Gasteiger partial charge in [0.25, 0.3) is 0 Å². The van der Waals surface area contributed by atoms with Crippen molar-refractivity contribution in [3.63, 3.8) is 0 Å². The number of hydrogen-bond donors (Lipinski definition) is 1. The molecule has 3 saturated heterocycles. The minimum absolute atomic E-state index is 0.0204. The zero-order valence-electron chi connectivity index (χ0n) is 17.9. The Balaban J connectivity index is 1.11. The Labute approximate surface area is 188 Å². The molecule has 1 aromatic rings. The number of likely N-dealkylation sites (tertiary alicyclic amines) is 2. The maximum absolute atomic E-state index is 12.9. The van der Waals surface area contributed by atoms with Gasteiger partial charge in [0.1, 0.15) is 12.7 Å². The molecule has 33 heavy (non-hydrogen) atoms. The van der Waals surface area contributed by atoms with E-state index in [0.717, 1.165) is 12.8 Å². The number of amides is 3. The number of nitrogens with zero attached hydrogens (tertiary/aromatic N) is 4. The molecule has 4 heterocycles. The van der Waals surface area contributed by atoms with Crippen LogP contribution in [0, 0.1) is 22.7 Å². The van der Waals surface area contributed by atoms with Crippen molar-refractivity contribution in [3.8, 4) is 6.07 Å². The molecule has 2 atom stereocenters. The highest BCUT2D eigenvalue weighted by Crippen LogP contribution is 2.53. The van der Waals surface area contributed by atoms with Gasteiger partial charge < -0.3 is 19.9 Å². The molecule has 4 aliphatic rings. The summed E-state index contributed by atoms with van der Waals surface area (Å²) >= 11 is 0. The number of fused-ring (bicyclic) bond motifs is 1. The molecular weight excluding hydrogens is 439 g/mol. The van der Waals surface area contributed by atoms with Gasteiger partial charge >= 0.3 is 12.2 Å². The van der Waals surface area contributed by atoms with Crippen molar-refractivity contribution in [3.05, 3.63) is 29.1 Å². The van der Waals surface area contributed by atoms with E-state index in [0.29, 0.717) is 50.5 Å². The van der Waals surface area contributed by atoms with E-state index >= 15 is 0 Å². The fraction of sp³-hybridized carbons (Fsp3) is 0.636. The molecule has 176 valence electrons. The molecule has 4 fully saturated rings. The third-order valence-corrected chi connectivity index (χ3v) is 7.22. The molecule has 3 amide bonds. The number of morpholine rings is 1. The molecule has 0 bridgehead atoms. The molecule has 8 nitrogen and oxygen atoms in total. The number of aromatic nitrogens is 1. The molecular formula is C22H24F3N5O3. The zero-order valence-corrected chi connectivity index (χ0v) is 17.9. The van der Waals surface area contributed by atoms with Gasteiger partial charge in [-0.3, -0.25) is 9.78 Å². The van der Waals surface area contributed by atoms with Crippen molar-refractivity contribution < 1.29 is 27.5 Å². The molecule has 1 aromatic heterocycles. The number of nitriles is 1. The molecule has 5 rings (SSSR count). The van der Waals surface area contributed by atoms with Crippen LogP contribution in [0.1, 0.15) is 36.1 Å². The maximum Gasteiger partial charge on any atom is 0.434 e. The van der Waals surface area contributed by atoms with Gasteiger partial charge in [-0.2, -0.15) is 18.4 Å². The van der Waals surface area contributed by atoms with Crippen molar-refractivity contribution in [2.24, 2.45) is 11.3 Å². The van der Waals surface area contributed by atoms with E-state index in [1.807, 2.05) is 4.90 Å². The fourth-order valence-corrected chi connectivity index (χ4v) is 5.80. The second kappa shape index (κ2) is 7.87. The number of ether oxygens (including phenoxy) is 1. The summed E-state index contributed by atoms with van der Waals surface area (Å²) in [6.45, 7) is 2.47. The number of rotatable bonds is 2. The van der Waals surface area contributed by atoms with E-state index < -0.39 is 17.4 Å². The summed E-state index contributed by atoms with van der Waals surface area (Å²) in [6, 6.07) is 2.70. The first kappa shape index (κ1) is 21.9. The average molecular weight is 463 g/mol. The van der Waals surface area contributed by atoms with Gasteiger partial charge in [0.2, 0.25) is 5.91 Å². The van der Waals surface area contributed by atoms with Crippen LogP contribution in [0.2, 0.25) is 0 Å². The third-order valence-electron chi connectivity index (χ3n) is 7.22. The quantitative estimate of drug-likeness (QED) is 0.723. The van der Waals surface area contributed by atoms with Crippen LogP contribution in [0.3, 0.4) is 0 Å². The van der Waals surface area contributed by atoms with Crippen LogP contribution in [0.5, 0.6) is 0 Å². The number of carbonyl (C=O) groups is 2. The van der Waals surface area contributed by atoms with E-state index in [4.69, 9.17) is 10.00 Å². The van der Waals surface area contributed by atoms with E-state index in [-0.39, 0.29) is 36.1 Å². The molecule has 0 unspecified atom stereocenters. The number of halogens is 3. The summed E-state index contributed by atoms with van der Waals surface area (Å²) in [5, 5.41) is 12.0. The lowest BCUT2D eigenvalue weighted by Crippen LogP contribution is -2.68. The van der Waals surface area contributed by atoms with Crippen molar-refractivity contribution in [1.82, 2.24) is 20.1 Å². The summed E-state index contributed by atoms with van der Waals surface area (Å²) in [5.41, 5.74) is -0.877. The summed E-state index contributed by atoms with van der Waals surface area (Å²) in [7, 11) is 0. The summed E-state index contributed by atoms with van der Waals surface area (Å²) in [5.74, 6) is 0.150. The number of carbonyl (C=O) groups excluding carboxylic acids is 2. The largest absolute Gasteiger partial charge is 0.434 e. The Hall–Kier alpha value is -2.87. The van der Waals surface area contributed by atoms with E-state index in [9.17, 15) is 22.8 Å². The van der Waals surface area contributed by atoms with E-state index in [2.05, 4.69) is 10.3 Å². The second-order valence-corrected chi connectivity index (χ2v) is 9.72. The van der Waals surface area contributed by atoms with Crippen molar-refractivity contribution in [2.45, 2.75) is 44.0 Å². The van der Waals surface area contributed by atoms with Gasteiger partial charge in [0.15, 0.2) is 5.69 Å². The van der Waals surface area contributed by atoms with Crippen LogP contribution >= 0.6 is 0 Å². The highest BCUT2D eigenvalue weighted by atomic mass is 19.4. The van der Waals surface area contributed by atoms with Crippen LogP contribution in [0.25, 0.3) is 0 Å². The highest BCUT2D eigenvalue weighted by molar-refractivity contribution is 5.79. The molecule has 3 aliphatic heterocycles. The second-order valence-electron chi connectivity index (χ2n) is 9.72. The van der Waals surface area contributed by atoms with Gasteiger partial charge in [-0.1, -0.05) is 0 Å². The number of alkyl halides is 3. The van der Waals surface area contributed by atoms with Crippen LogP contribution < -0.4 is 5.32 Å². The Kier molecular flexibility index (Phi) is 5.23. The summed E-state index contributed by atoms with van der Waals surface area (Å²) in [6.07, 6.45) is -0.404. The molecule has 0 aromatic carbocycles.